The minimum absolute atomic E-state index is 0.266. The van der Waals surface area contributed by atoms with E-state index in [2.05, 4.69) is 20.2 Å². The maximum absolute atomic E-state index is 12.2. The third kappa shape index (κ3) is 3.92. The lowest BCUT2D eigenvalue weighted by atomic mass is 10.1. The van der Waals surface area contributed by atoms with Crippen molar-refractivity contribution >= 4 is 22.4 Å². The van der Waals surface area contributed by atoms with Crippen molar-refractivity contribution in [3.63, 3.8) is 0 Å². The summed E-state index contributed by atoms with van der Waals surface area (Å²) in [6.45, 7) is 3.05. The first-order chi connectivity index (χ1) is 11.3. The minimum atomic E-state index is -0.353. The molecule has 0 aromatic carbocycles. The van der Waals surface area contributed by atoms with Crippen LogP contribution in [-0.2, 0) is 6.54 Å². The summed E-state index contributed by atoms with van der Waals surface area (Å²) in [6.07, 6.45) is 6.68. The van der Waals surface area contributed by atoms with Crippen LogP contribution < -0.4 is 5.32 Å². The van der Waals surface area contributed by atoms with Gasteiger partial charge in [-0.1, -0.05) is 6.42 Å². The fraction of sp³-hybridized carbons (Fsp3) is 0.375. The zero-order valence-corrected chi connectivity index (χ0v) is 13.5. The number of anilines is 1. The van der Waals surface area contributed by atoms with E-state index in [4.69, 9.17) is 5.26 Å². The van der Waals surface area contributed by atoms with E-state index in [-0.39, 0.29) is 11.5 Å². The van der Waals surface area contributed by atoms with Gasteiger partial charge in [0.15, 0.2) is 5.13 Å². The molecular weight excluding hydrogens is 310 g/mol. The van der Waals surface area contributed by atoms with E-state index < -0.39 is 0 Å². The van der Waals surface area contributed by atoms with E-state index in [1.165, 1.54) is 49.1 Å². The van der Waals surface area contributed by atoms with Crippen LogP contribution in [0.15, 0.2) is 23.8 Å². The van der Waals surface area contributed by atoms with Gasteiger partial charge < -0.3 is 0 Å². The lowest BCUT2D eigenvalue weighted by Crippen LogP contribution is -2.29. The van der Waals surface area contributed by atoms with Gasteiger partial charge in [0.1, 0.15) is 6.07 Å². The molecule has 23 heavy (non-hydrogen) atoms. The highest BCUT2D eigenvalue weighted by Gasteiger charge is 2.15. The van der Waals surface area contributed by atoms with Gasteiger partial charge in [-0.25, -0.2) is 4.98 Å². The number of carbonyl (C=O) groups excluding carboxylic acids is 1. The van der Waals surface area contributed by atoms with Gasteiger partial charge in [0.25, 0.3) is 5.91 Å². The number of hydrogen-bond acceptors (Lipinski definition) is 6. The third-order valence-corrected chi connectivity index (χ3v) is 4.60. The molecule has 0 spiro atoms. The van der Waals surface area contributed by atoms with Gasteiger partial charge >= 0.3 is 0 Å². The van der Waals surface area contributed by atoms with Crippen LogP contribution in [-0.4, -0.2) is 33.9 Å². The normalized spacial score (nSPS) is 15.1. The second-order valence-corrected chi connectivity index (χ2v) is 6.33. The first kappa shape index (κ1) is 15.6. The summed E-state index contributed by atoms with van der Waals surface area (Å²) < 4.78 is 0. The summed E-state index contributed by atoms with van der Waals surface area (Å²) in [6, 6.07) is 3.52. The third-order valence-electron chi connectivity index (χ3n) is 3.79. The van der Waals surface area contributed by atoms with Crippen LogP contribution in [0.4, 0.5) is 5.13 Å². The van der Waals surface area contributed by atoms with Crippen molar-refractivity contribution in [2.24, 2.45) is 0 Å². The number of rotatable bonds is 4. The Morgan fingerprint density at radius 1 is 1.39 bits per heavy atom. The second-order valence-electron chi connectivity index (χ2n) is 5.47. The number of likely N-dealkylation sites (tertiary alicyclic amines) is 1. The summed E-state index contributed by atoms with van der Waals surface area (Å²) in [5.74, 6) is -0.353. The molecule has 3 rings (SSSR count). The van der Waals surface area contributed by atoms with E-state index >= 15 is 0 Å². The average molecular weight is 327 g/mol. The number of hydrogen-bond donors (Lipinski definition) is 1. The van der Waals surface area contributed by atoms with Crippen molar-refractivity contribution in [1.29, 1.82) is 5.26 Å². The van der Waals surface area contributed by atoms with E-state index in [0.717, 1.165) is 25.3 Å². The number of pyridine rings is 1. The summed E-state index contributed by atoms with van der Waals surface area (Å²) in [4.78, 5) is 23.0. The van der Waals surface area contributed by atoms with E-state index in [9.17, 15) is 4.79 Å². The quantitative estimate of drug-likeness (QED) is 0.933. The smallest absolute Gasteiger partial charge is 0.260 e. The van der Waals surface area contributed by atoms with Gasteiger partial charge in [-0.15, -0.1) is 11.3 Å². The maximum Gasteiger partial charge on any atom is 0.260 e. The number of nitriles is 1. The van der Waals surface area contributed by atoms with Crippen LogP contribution in [0.1, 0.15) is 40.9 Å². The molecule has 1 amide bonds. The molecule has 1 aliphatic heterocycles. The van der Waals surface area contributed by atoms with Crippen LogP contribution in [0.25, 0.3) is 0 Å². The Labute approximate surface area is 138 Å². The number of nitrogens with zero attached hydrogens (tertiary/aromatic N) is 4. The molecule has 1 aliphatic rings. The second kappa shape index (κ2) is 7.31. The topological polar surface area (TPSA) is 81.9 Å². The first-order valence-corrected chi connectivity index (χ1v) is 8.46. The monoisotopic (exact) mass is 327 g/mol. The predicted octanol–water partition coefficient (Wildman–Crippen LogP) is 2.65. The van der Waals surface area contributed by atoms with Crippen LogP contribution in [0, 0.1) is 11.3 Å². The molecule has 1 saturated heterocycles. The molecule has 0 radical (unpaired) electrons. The number of nitrogens with one attached hydrogen (secondary N) is 1. The molecule has 7 heteroatoms. The van der Waals surface area contributed by atoms with Crippen molar-refractivity contribution in [2.75, 3.05) is 18.4 Å². The lowest BCUT2D eigenvalue weighted by molar-refractivity contribution is 0.102. The van der Waals surface area contributed by atoms with Crippen molar-refractivity contribution in [1.82, 2.24) is 14.9 Å². The van der Waals surface area contributed by atoms with E-state index in [1.807, 2.05) is 11.4 Å². The van der Waals surface area contributed by atoms with Crippen LogP contribution >= 0.6 is 11.3 Å². The molecule has 2 aromatic heterocycles. The SMILES string of the molecule is N#Cc1ccncc1C(=O)Nc1nc(CN2CCCCC2)cs1. The molecule has 6 nitrogen and oxygen atoms in total. The van der Waals surface area contributed by atoms with E-state index in [0.29, 0.717) is 10.7 Å². The molecule has 0 saturated carbocycles. The Morgan fingerprint density at radius 2 is 2.22 bits per heavy atom. The zero-order chi connectivity index (χ0) is 16.1. The molecule has 0 atom stereocenters. The van der Waals surface area contributed by atoms with Crippen LogP contribution in [0.2, 0.25) is 0 Å². The molecule has 118 valence electrons. The number of aromatic nitrogens is 2. The summed E-state index contributed by atoms with van der Waals surface area (Å²) in [7, 11) is 0. The highest BCUT2D eigenvalue weighted by molar-refractivity contribution is 7.13. The summed E-state index contributed by atoms with van der Waals surface area (Å²) in [5.41, 5.74) is 1.55. The largest absolute Gasteiger partial charge is 0.298 e. The van der Waals surface area contributed by atoms with Crippen molar-refractivity contribution < 1.29 is 4.79 Å². The molecule has 3 heterocycles. The van der Waals surface area contributed by atoms with Crippen LogP contribution in [0.5, 0.6) is 0 Å². The number of carbonyl (C=O) groups is 1. The number of piperidine rings is 1. The summed E-state index contributed by atoms with van der Waals surface area (Å²) in [5, 5.41) is 14.3. The molecule has 2 aromatic rings. The van der Waals surface area contributed by atoms with E-state index in [1.54, 1.807) is 0 Å². The molecule has 0 unspecified atom stereocenters. The minimum Gasteiger partial charge on any atom is -0.298 e. The molecule has 0 bridgehead atoms. The Bertz CT molecular complexity index is 730. The molecule has 1 N–H and O–H groups in total. The molecular formula is C16H17N5OS. The van der Waals surface area contributed by atoms with Crippen molar-refractivity contribution in [2.45, 2.75) is 25.8 Å². The Hall–Kier alpha value is -2.30. The van der Waals surface area contributed by atoms with Crippen LogP contribution in [0.3, 0.4) is 0 Å². The van der Waals surface area contributed by atoms with Gasteiger partial charge in [0, 0.05) is 24.3 Å². The van der Waals surface area contributed by atoms with Crippen molar-refractivity contribution in [3.8, 4) is 6.07 Å². The lowest BCUT2D eigenvalue weighted by Gasteiger charge is -2.25. The van der Waals surface area contributed by atoms with Gasteiger partial charge in [-0.3, -0.25) is 20.0 Å². The standard InChI is InChI=1S/C16H17N5OS/c17-8-12-4-5-18-9-14(12)15(22)20-16-19-13(11-23-16)10-21-6-2-1-3-7-21/h4-5,9,11H,1-3,6-7,10H2,(H,19,20,22). The Morgan fingerprint density at radius 3 is 3.00 bits per heavy atom. The van der Waals surface area contributed by atoms with Gasteiger partial charge in [0.2, 0.25) is 0 Å². The fourth-order valence-corrected chi connectivity index (χ4v) is 3.32. The highest BCUT2D eigenvalue weighted by atomic mass is 32.1. The van der Waals surface area contributed by atoms with Gasteiger partial charge in [-0.2, -0.15) is 5.26 Å². The maximum atomic E-state index is 12.2. The van der Waals surface area contributed by atoms with Crippen molar-refractivity contribution in [3.05, 3.63) is 40.7 Å². The Balaban J connectivity index is 1.64. The zero-order valence-electron chi connectivity index (χ0n) is 12.7. The molecule has 0 aliphatic carbocycles. The predicted molar refractivity (Wildman–Crippen MR) is 88.1 cm³/mol. The Kier molecular flexibility index (Phi) is 4.95. The summed E-state index contributed by atoms with van der Waals surface area (Å²) >= 11 is 1.40. The van der Waals surface area contributed by atoms with Gasteiger partial charge in [0.05, 0.1) is 16.8 Å². The van der Waals surface area contributed by atoms with Gasteiger partial charge in [-0.05, 0) is 32.0 Å². The first-order valence-electron chi connectivity index (χ1n) is 7.58. The average Bonchev–Trinajstić information content (AvgIpc) is 3.02. The number of thiazole rings is 1. The number of amides is 1. The fourth-order valence-electron chi connectivity index (χ4n) is 2.62. The molecule has 1 fully saturated rings. The highest BCUT2D eigenvalue weighted by Crippen LogP contribution is 2.20.